The molecule has 0 radical (unpaired) electrons. The van der Waals surface area contributed by atoms with Crippen LogP contribution in [0.3, 0.4) is 0 Å². The minimum atomic E-state index is -0.0328. The summed E-state index contributed by atoms with van der Waals surface area (Å²) < 4.78 is 0. The number of benzene rings is 1. The van der Waals surface area contributed by atoms with Crippen LogP contribution >= 0.6 is 23.4 Å². The van der Waals surface area contributed by atoms with Gasteiger partial charge < -0.3 is 5.32 Å². The number of nitrogens with one attached hydrogen (secondary N) is 1. The van der Waals surface area contributed by atoms with Gasteiger partial charge in [-0.05, 0) is 29.7 Å². The van der Waals surface area contributed by atoms with Crippen LogP contribution in [0.5, 0.6) is 0 Å². The number of likely N-dealkylation sites (tertiary alicyclic amines) is 1. The maximum absolute atomic E-state index is 11.0. The molecule has 1 atom stereocenters. The molecule has 4 nitrogen and oxygen atoms in total. The lowest BCUT2D eigenvalue weighted by molar-refractivity contribution is -0.118. The summed E-state index contributed by atoms with van der Waals surface area (Å²) in [5.41, 5.74) is 2.21. The smallest absolute Gasteiger partial charge is 0.217 e. The van der Waals surface area contributed by atoms with Gasteiger partial charge in [0.2, 0.25) is 5.91 Å². The number of carbonyl (C=O) groups excluding carboxylic acids is 2. The van der Waals surface area contributed by atoms with Crippen molar-refractivity contribution in [2.24, 2.45) is 0 Å². The summed E-state index contributed by atoms with van der Waals surface area (Å²) in [4.78, 5) is 24.2. The highest BCUT2D eigenvalue weighted by Crippen LogP contribution is 2.29. The molecule has 0 aliphatic carbocycles. The molecule has 0 saturated carbocycles. The van der Waals surface area contributed by atoms with Gasteiger partial charge >= 0.3 is 0 Å². The summed E-state index contributed by atoms with van der Waals surface area (Å²) in [5.74, 6) is 0.537. The number of allylic oxidation sites excluding steroid dienone is 1. The number of halogens is 1. The normalized spacial score (nSPS) is 20.4. The molecule has 23 heavy (non-hydrogen) atoms. The van der Waals surface area contributed by atoms with E-state index in [1.165, 1.54) is 6.92 Å². The molecule has 2 rings (SSSR count). The van der Waals surface area contributed by atoms with Gasteiger partial charge in [-0.2, -0.15) is 0 Å². The van der Waals surface area contributed by atoms with E-state index in [0.29, 0.717) is 5.88 Å². The van der Waals surface area contributed by atoms with E-state index < -0.39 is 0 Å². The summed E-state index contributed by atoms with van der Waals surface area (Å²) in [6, 6.07) is 7.84. The molecule has 1 fully saturated rings. The Labute approximate surface area is 146 Å². The average molecular weight is 353 g/mol. The van der Waals surface area contributed by atoms with Gasteiger partial charge in [-0.15, -0.1) is 11.8 Å². The topological polar surface area (TPSA) is 49.4 Å². The largest absolute Gasteiger partial charge is 0.347 e. The maximum atomic E-state index is 11.0. The van der Waals surface area contributed by atoms with Crippen LogP contribution in [0, 0.1) is 0 Å². The van der Waals surface area contributed by atoms with Crippen molar-refractivity contribution < 1.29 is 9.59 Å². The standard InChI is InChI=1S/C17H21ClN2O2S/c1-13(22)19-12-23-17-6-8-20(11-15(17)7-9-21)10-14-4-2-3-5-16(14)18/h2-5,7,9,17H,6,8,10-12H2,1H3,(H,19,22)/b15-7-. The minimum absolute atomic E-state index is 0.0328. The van der Waals surface area contributed by atoms with Crippen LogP contribution in [-0.4, -0.2) is 41.3 Å². The molecular formula is C17H21ClN2O2S. The van der Waals surface area contributed by atoms with Crippen molar-refractivity contribution in [3.63, 3.8) is 0 Å². The maximum Gasteiger partial charge on any atom is 0.217 e. The molecule has 1 aromatic rings. The van der Waals surface area contributed by atoms with Crippen molar-refractivity contribution >= 4 is 35.6 Å². The molecule has 1 saturated heterocycles. The van der Waals surface area contributed by atoms with Crippen molar-refractivity contribution in [3.8, 4) is 0 Å². The lowest BCUT2D eigenvalue weighted by atomic mass is 10.0. The highest BCUT2D eigenvalue weighted by atomic mass is 35.5. The van der Waals surface area contributed by atoms with E-state index >= 15 is 0 Å². The van der Waals surface area contributed by atoms with Gasteiger partial charge in [0.25, 0.3) is 0 Å². The molecule has 0 bridgehead atoms. The Morgan fingerprint density at radius 2 is 2.26 bits per heavy atom. The average Bonchev–Trinajstić information content (AvgIpc) is 2.51. The molecule has 1 unspecified atom stereocenters. The van der Waals surface area contributed by atoms with Crippen molar-refractivity contribution in [1.82, 2.24) is 10.2 Å². The molecule has 1 aromatic carbocycles. The number of rotatable bonds is 6. The Balaban J connectivity index is 1.95. The van der Waals surface area contributed by atoms with E-state index in [-0.39, 0.29) is 11.2 Å². The second-order valence-electron chi connectivity index (χ2n) is 5.50. The first-order chi connectivity index (χ1) is 11.1. The Hall–Kier alpha value is -1.30. The predicted octanol–water partition coefficient (Wildman–Crippen LogP) is 2.87. The molecule has 0 aromatic heterocycles. The number of piperidine rings is 1. The van der Waals surface area contributed by atoms with Gasteiger partial charge in [-0.1, -0.05) is 29.8 Å². The summed E-state index contributed by atoms with van der Waals surface area (Å²) in [6.45, 7) is 3.98. The monoisotopic (exact) mass is 352 g/mol. The van der Waals surface area contributed by atoms with E-state index in [1.807, 2.05) is 24.3 Å². The quantitative estimate of drug-likeness (QED) is 0.486. The highest BCUT2D eigenvalue weighted by Gasteiger charge is 2.24. The third-order valence-corrected chi connectivity index (χ3v) is 5.39. The van der Waals surface area contributed by atoms with Crippen LogP contribution in [0.2, 0.25) is 5.02 Å². The first-order valence-corrected chi connectivity index (χ1v) is 8.99. The van der Waals surface area contributed by atoms with Crippen LogP contribution in [0.15, 0.2) is 35.9 Å². The zero-order valence-corrected chi connectivity index (χ0v) is 14.7. The molecule has 1 amide bonds. The molecule has 1 heterocycles. The Morgan fingerprint density at radius 3 is 2.96 bits per heavy atom. The fraction of sp³-hybridized carbons (Fsp3) is 0.412. The second kappa shape index (κ2) is 9.11. The van der Waals surface area contributed by atoms with Crippen LogP contribution in [-0.2, 0) is 16.1 Å². The zero-order valence-electron chi connectivity index (χ0n) is 13.1. The number of carbonyl (C=O) groups is 2. The van der Waals surface area contributed by atoms with Gasteiger partial charge in [0.15, 0.2) is 0 Å². The molecular weight excluding hydrogens is 332 g/mol. The lowest BCUT2D eigenvalue weighted by Crippen LogP contribution is -2.37. The number of hydrogen-bond donors (Lipinski definition) is 1. The number of nitrogens with zero attached hydrogens (tertiary/aromatic N) is 1. The summed E-state index contributed by atoms with van der Waals surface area (Å²) in [6.07, 6.45) is 3.46. The Kier molecular flexibility index (Phi) is 7.15. The first kappa shape index (κ1) is 18.0. The third kappa shape index (κ3) is 5.68. The molecule has 1 aliphatic rings. The highest BCUT2D eigenvalue weighted by molar-refractivity contribution is 8.00. The number of hydrogen-bond acceptors (Lipinski definition) is 4. The minimum Gasteiger partial charge on any atom is -0.347 e. The van der Waals surface area contributed by atoms with Crippen molar-refractivity contribution in [2.45, 2.75) is 25.1 Å². The van der Waals surface area contributed by atoms with Gasteiger partial charge in [0.05, 0.1) is 5.88 Å². The second-order valence-corrected chi connectivity index (χ2v) is 7.10. The third-order valence-electron chi connectivity index (χ3n) is 3.77. The van der Waals surface area contributed by atoms with Gasteiger partial charge in [-0.3, -0.25) is 14.5 Å². The summed E-state index contributed by atoms with van der Waals surface area (Å²) in [5, 5.41) is 3.84. The number of amides is 1. The van der Waals surface area contributed by atoms with Crippen LogP contribution in [0.4, 0.5) is 0 Å². The van der Waals surface area contributed by atoms with Crippen molar-refractivity contribution in [1.29, 1.82) is 0 Å². The van der Waals surface area contributed by atoms with E-state index in [9.17, 15) is 9.59 Å². The zero-order chi connectivity index (χ0) is 16.7. The molecule has 6 heteroatoms. The summed E-state index contributed by atoms with van der Waals surface area (Å²) >= 11 is 7.90. The van der Waals surface area contributed by atoms with E-state index in [4.69, 9.17) is 11.6 Å². The number of aldehydes is 1. The van der Waals surface area contributed by atoms with E-state index in [0.717, 1.165) is 48.5 Å². The van der Waals surface area contributed by atoms with Gasteiger partial charge in [0.1, 0.15) is 6.29 Å². The van der Waals surface area contributed by atoms with Gasteiger partial charge in [0, 0.05) is 36.8 Å². The van der Waals surface area contributed by atoms with Crippen molar-refractivity contribution in [2.75, 3.05) is 19.0 Å². The lowest BCUT2D eigenvalue weighted by Gasteiger charge is -2.34. The van der Waals surface area contributed by atoms with Gasteiger partial charge in [-0.25, -0.2) is 0 Å². The van der Waals surface area contributed by atoms with Crippen LogP contribution in [0.1, 0.15) is 18.9 Å². The molecule has 0 spiro atoms. The number of thioether (sulfide) groups is 1. The Bertz CT molecular complexity index is 592. The molecule has 124 valence electrons. The Morgan fingerprint density at radius 1 is 1.48 bits per heavy atom. The van der Waals surface area contributed by atoms with Crippen LogP contribution < -0.4 is 5.32 Å². The van der Waals surface area contributed by atoms with E-state index in [2.05, 4.69) is 10.2 Å². The molecule has 1 N–H and O–H groups in total. The SMILES string of the molecule is CC(=O)NCSC1CCN(Cc2ccccc2Cl)C/C1=C/C=O. The fourth-order valence-electron chi connectivity index (χ4n) is 2.61. The fourth-order valence-corrected chi connectivity index (χ4v) is 3.93. The first-order valence-electron chi connectivity index (χ1n) is 7.56. The predicted molar refractivity (Wildman–Crippen MR) is 95.6 cm³/mol. The van der Waals surface area contributed by atoms with E-state index in [1.54, 1.807) is 17.8 Å². The summed E-state index contributed by atoms with van der Waals surface area (Å²) in [7, 11) is 0. The van der Waals surface area contributed by atoms with Crippen molar-refractivity contribution in [3.05, 3.63) is 46.5 Å². The van der Waals surface area contributed by atoms with Crippen LogP contribution in [0.25, 0.3) is 0 Å². The molecule has 1 aliphatic heterocycles.